The summed E-state index contributed by atoms with van der Waals surface area (Å²) in [6, 6.07) is 23.8. The number of aryl methyl sites for hydroxylation is 1. The standard InChI is InChI=1S/C23H17ClN2O2S/c1-15-7-11-18(12-8-15)26-22(27)20(25-17-5-3-2-4-6-17)21(23(26)28)29-19-13-9-16(24)10-14-19/h2-14,25H,1H3. The molecule has 0 bridgehead atoms. The number of para-hydroxylation sites is 1. The second kappa shape index (κ2) is 8.15. The molecule has 144 valence electrons. The number of anilines is 2. The van der Waals surface area contributed by atoms with Gasteiger partial charge in [-0.05, 0) is 55.5 Å². The summed E-state index contributed by atoms with van der Waals surface area (Å²) in [7, 11) is 0. The first kappa shape index (κ1) is 19.3. The van der Waals surface area contributed by atoms with E-state index in [2.05, 4.69) is 5.32 Å². The maximum Gasteiger partial charge on any atom is 0.283 e. The predicted octanol–water partition coefficient (Wildman–Crippen LogP) is 5.64. The average molecular weight is 421 g/mol. The minimum absolute atomic E-state index is 0.265. The zero-order chi connectivity index (χ0) is 20.4. The highest BCUT2D eigenvalue weighted by molar-refractivity contribution is 8.04. The molecule has 1 aliphatic heterocycles. The third-order valence-corrected chi connectivity index (χ3v) is 5.75. The van der Waals surface area contributed by atoms with Gasteiger partial charge in [-0.2, -0.15) is 0 Å². The molecule has 6 heteroatoms. The lowest BCUT2D eigenvalue weighted by Crippen LogP contribution is -2.32. The molecule has 0 saturated carbocycles. The molecule has 29 heavy (non-hydrogen) atoms. The lowest BCUT2D eigenvalue weighted by Gasteiger charge is -2.15. The van der Waals surface area contributed by atoms with Crippen molar-refractivity contribution in [3.05, 3.63) is 100 Å². The van der Waals surface area contributed by atoms with Gasteiger partial charge in [0.25, 0.3) is 11.8 Å². The third kappa shape index (κ3) is 4.06. The first-order chi connectivity index (χ1) is 14.0. The van der Waals surface area contributed by atoms with E-state index < -0.39 is 0 Å². The summed E-state index contributed by atoms with van der Waals surface area (Å²) in [5.74, 6) is -0.726. The van der Waals surface area contributed by atoms with Gasteiger partial charge in [0.1, 0.15) is 10.6 Å². The second-order valence-electron chi connectivity index (χ2n) is 6.53. The number of carbonyl (C=O) groups is 2. The molecule has 3 aromatic rings. The number of benzene rings is 3. The van der Waals surface area contributed by atoms with Crippen LogP contribution in [-0.4, -0.2) is 11.8 Å². The van der Waals surface area contributed by atoms with Crippen molar-refractivity contribution in [2.24, 2.45) is 0 Å². The van der Waals surface area contributed by atoms with E-state index in [9.17, 15) is 9.59 Å². The molecule has 0 spiro atoms. The van der Waals surface area contributed by atoms with Gasteiger partial charge in [-0.3, -0.25) is 9.59 Å². The van der Waals surface area contributed by atoms with Crippen LogP contribution in [0.15, 0.2) is 94.4 Å². The molecule has 4 nitrogen and oxygen atoms in total. The minimum Gasteiger partial charge on any atom is -0.350 e. The van der Waals surface area contributed by atoms with Crippen molar-refractivity contribution in [3.63, 3.8) is 0 Å². The lowest BCUT2D eigenvalue weighted by molar-refractivity contribution is -0.120. The number of nitrogens with one attached hydrogen (secondary N) is 1. The molecule has 0 atom stereocenters. The summed E-state index contributed by atoms with van der Waals surface area (Å²) in [4.78, 5) is 28.8. The molecular weight excluding hydrogens is 404 g/mol. The molecule has 0 unspecified atom stereocenters. The number of hydrogen-bond donors (Lipinski definition) is 1. The van der Waals surface area contributed by atoms with E-state index in [4.69, 9.17) is 11.6 Å². The summed E-state index contributed by atoms with van der Waals surface area (Å²) >= 11 is 7.22. The maximum atomic E-state index is 13.2. The fourth-order valence-corrected chi connectivity index (χ4v) is 3.98. The van der Waals surface area contributed by atoms with Crippen molar-refractivity contribution in [2.75, 3.05) is 10.2 Å². The van der Waals surface area contributed by atoms with Gasteiger partial charge in [0.15, 0.2) is 0 Å². The predicted molar refractivity (Wildman–Crippen MR) is 118 cm³/mol. The van der Waals surface area contributed by atoms with Crippen molar-refractivity contribution < 1.29 is 9.59 Å². The summed E-state index contributed by atoms with van der Waals surface area (Å²) in [5.41, 5.74) is 2.61. The Kier molecular flexibility index (Phi) is 5.43. The van der Waals surface area contributed by atoms with E-state index in [0.29, 0.717) is 15.6 Å². The first-order valence-electron chi connectivity index (χ1n) is 8.98. The molecule has 0 aromatic heterocycles. The van der Waals surface area contributed by atoms with Crippen LogP contribution in [-0.2, 0) is 9.59 Å². The van der Waals surface area contributed by atoms with E-state index in [-0.39, 0.29) is 17.5 Å². The molecule has 2 amide bonds. The van der Waals surface area contributed by atoms with Crippen LogP contribution in [0.3, 0.4) is 0 Å². The Morgan fingerprint density at radius 3 is 2.14 bits per heavy atom. The van der Waals surface area contributed by atoms with Gasteiger partial charge in [-0.15, -0.1) is 0 Å². The fourth-order valence-electron chi connectivity index (χ4n) is 2.93. The molecular formula is C23H17ClN2O2S. The van der Waals surface area contributed by atoms with Gasteiger partial charge in [0.05, 0.1) is 5.69 Å². The van der Waals surface area contributed by atoms with Crippen LogP contribution in [0.2, 0.25) is 5.02 Å². The Labute approximate surface area is 178 Å². The van der Waals surface area contributed by atoms with Crippen LogP contribution in [0.25, 0.3) is 0 Å². The zero-order valence-corrected chi connectivity index (χ0v) is 17.1. The number of hydrogen-bond acceptors (Lipinski definition) is 4. The number of carbonyl (C=O) groups excluding carboxylic acids is 2. The van der Waals surface area contributed by atoms with Crippen molar-refractivity contribution in [2.45, 2.75) is 11.8 Å². The number of rotatable bonds is 5. The Morgan fingerprint density at radius 2 is 1.48 bits per heavy atom. The van der Waals surface area contributed by atoms with Crippen LogP contribution in [0.5, 0.6) is 0 Å². The summed E-state index contributed by atoms with van der Waals surface area (Å²) < 4.78 is 0. The number of imide groups is 1. The largest absolute Gasteiger partial charge is 0.350 e. The van der Waals surface area contributed by atoms with Crippen LogP contribution in [0.1, 0.15) is 5.56 Å². The normalized spacial score (nSPS) is 13.9. The van der Waals surface area contributed by atoms with Crippen LogP contribution in [0, 0.1) is 6.92 Å². The van der Waals surface area contributed by atoms with E-state index >= 15 is 0 Å². The summed E-state index contributed by atoms with van der Waals surface area (Å²) in [6.07, 6.45) is 0. The monoisotopic (exact) mass is 420 g/mol. The molecule has 1 aliphatic rings. The van der Waals surface area contributed by atoms with Crippen molar-refractivity contribution in [3.8, 4) is 0 Å². The van der Waals surface area contributed by atoms with Crippen LogP contribution >= 0.6 is 23.4 Å². The Balaban J connectivity index is 1.73. The van der Waals surface area contributed by atoms with Crippen LogP contribution < -0.4 is 10.2 Å². The molecule has 4 rings (SSSR count). The summed E-state index contributed by atoms with van der Waals surface area (Å²) in [6.45, 7) is 1.96. The average Bonchev–Trinajstić information content (AvgIpc) is 2.95. The Morgan fingerprint density at radius 1 is 0.828 bits per heavy atom. The lowest BCUT2D eigenvalue weighted by atomic mass is 10.2. The zero-order valence-electron chi connectivity index (χ0n) is 15.6. The summed E-state index contributed by atoms with van der Waals surface area (Å²) in [5, 5.41) is 3.75. The highest BCUT2D eigenvalue weighted by atomic mass is 35.5. The maximum absolute atomic E-state index is 13.2. The van der Waals surface area contributed by atoms with Gasteiger partial charge in [0, 0.05) is 15.6 Å². The molecule has 1 heterocycles. The highest BCUT2D eigenvalue weighted by Crippen LogP contribution is 2.38. The molecule has 3 aromatic carbocycles. The second-order valence-corrected chi connectivity index (χ2v) is 8.05. The topological polar surface area (TPSA) is 49.4 Å². The van der Waals surface area contributed by atoms with Gasteiger partial charge in [-0.1, -0.05) is 59.3 Å². The number of amides is 2. The number of halogens is 1. The van der Waals surface area contributed by atoms with Gasteiger partial charge in [-0.25, -0.2) is 4.90 Å². The Bertz CT molecular complexity index is 1090. The smallest absolute Gasteiger partial charge is 0.283 e. The SMILES string of the molecule is Cc1ccc(N2C(=O)C(Nc3ccccc3)=C(Sc3ccc(Cl)cc3)C2=O)cc1. The molecule has 1 N–H and O–H groups in total. The first-order valence-corrected chi connectivity index (χ1v) is 10.2. The molecule has 0 radical (unpaired) electrons. The quantitative estimate of drug-likeness (QED) is 0.543. The van der Waals surface area contributed by atoms with Crippen LogP contribution in [0.4, 0.5) is 11.4 Å². The van der Waals surface area contributed by atoms with E-state index in [1.54, 1.807) is 24.3 Å². The molecule has 0 aliphatic carbocycles. The highest BCUT2D eigenvalue weighted by Gasteiger charge is 2.40. The third-order valence-electron chi connectivity index (χ3n) is 4.41. The van der Waals surface area contributed by atoms with Gasteiger partial charge in [0.2, 0.25) is 0 Å². The van der Waals surface area contributed by atoms with E-state index in [0.717, 1.165) is 16.1 Å². The minimum atomic E-state index is -0.376. The van der Waals surface area contributed by atoms with E-state index in [1.165, 1.54) is 16.7 Å². The van der Waals surface area contributed by atoms with Gasteiger partial charge >= 0.3 is 0 Å². The molecule has 0 fully saturated rings. The van der Waals surface area contributed by atoms with E-state index in [1.807, 2.05) is 61.5 Å². The number of thioether (sulfide) groups is 1. The van der Waals surface area contributed by atoms with Crippen molar-refractivity contribution in [1.29, 1.82) is 0 Å². The number of nitrogens with zero attached hydrogens (tertiary/aromatic N) is 1. The van der Waals surface area contributed by atoms with Crippen molar-refractivity contribution >= 4 is 46.6 Å². The van der Waals surface area contributed by atoms with Gasteiger partial charge < -0.3 is 5.32 Å². The molecule has 0 saturated heterocycles. The Hall–Kier alpha value is -3.02. The fraction of sp³-hybridized carbons (Fsp3) is 0.0435. The van der Waals surface area contributed by atoms with Crippen molar-refractivity contribution in [1.82, 2.24) is 0 Å².